The zero-order valence-corrected chi connectivity index (χ0v) is 19.3. The van der Waals surface area contributed by atoms with Gasteiger partial charge in [-0.25, -0.2) is 4.39 Å². The van der Waals surface area contributed by atoms with Crippen molar-refractivity contribution in [1.29, 1.82) is 0 Å². The van der Waals surface area contributed by atoms with Crippen molar-refractivity contribution in [2.45, 2.75) is 75.5 Å². The molecule has 0 spiro atoms. The van der Waals surface area contributed by atoms with Gasteiger partial charge in [0, 0.05) is 18.4 Å². The number of nitrogens with one attached hydrogen (secondary N) is 1. The van der Waals surface area contributed by atoms with Crippen molar-refractivity contribution in [3.8, 4) is 0 Å². The van der Waals surface area contributed by atoms with Gasteiger partial charge in [-0.05, 0) is 79.5 Å². The monoisotopic (exact) mass is 517 g/mol. The lowest BCUT2D eigenvalue weighted by atomic mass is 9.84. The molecule has 0 radical (unpaired) electrons. The zero-order valence-electron chi connectivity index (χ0n) is 19.3. The number of hydrogen-bond donors (Lipinski definition) is 1. The highest BCUT2D eigenvalue weighted by atomic mass is 19.4. The Morgan fingerprint density at radius 1 is 0.861 bits per heavy atom. The fourth-order valence-corrected chi connectivity index (χ4v) is 5.34. The van der Waals surface area contributed by atoms with Crippen LogP contribution >= 0.6 is 0 Å². The van der Waals surface area contributed by atoms with Gasteiger partial charge in [-0.15, -0.1) is 0 Å². The van der Waals surface area contributed by atoms with Gasteiger partial charge in [-0.3, -0.25) is 4.79 Å². The summed E-state index contributed by atoms with van der Waals surface area (Å²) in [6.07, 6.45) is -6.26. The van der Waals surface area contributed by atoms with Crippen LogP contribution in [0.15, 0.2) is 42.5 Å². The van der Waals surface area contributed by atoms with Crippen LogP contribution in [0.5, 0.6) is 0 Å². The largest absolute Gasteiger partial charge is 0.416 e. The summed E-state index contributed by atoms with van der Waals surface area (Å²) in [5, 5.41) is 2.93. The van der Waals surface area contributed by atoms with Crippen molar-refractivity contribution in [2.75, 3.05) is 0 Å². The molecule has 2 aliphatic rings. The van der Waals surface area contributed by atoms with Crippen LogP contribution < -0.4 is 5.32 Å². The van der Waals surface area contributed by atoms with Gasteiger partial charge in [-0.1, -0.05) is 12.1 Å². The summed E-state index contributed by atoms with van der Waals surface area (Å²) in [5.74, 6) is -0.481. The topological polar surface area (TPSA) is 38.3 Å². The van der Waals surface area contributed by atoms with E-state index in [1.165, 1.54) is 12.1 Å². The normalized spacial score (nSPS) is 24.8. The van der Waals surface area contributed by atoms with Crippen molar-refractivity contribution in [1.82, 2.24) is 5.32 Å². The van der Waals surface area contributed by atoms with Gasteiger partial charge in [0.15, 0.2) is 0 Å². The second kappa shape index (κ2) is 10.4. The summed E-state index contributed by atoms with van der Waals surface area (Å²) in [6, 6.07) is 7.45. The first-order valence-corrected chi connectivity index (χ1v) is 11.8. The summed E-state index contributed by atoms with van der Waals surface area (Å²) in [4.78, 5) is 11.5. The number of ether oxygens (including phenoxy) is 1. The van der Waals surface area contributed by atoms with Gasteiger partial charge < -0.3 is 10.1 Å². The SMILES string of the molecule is O=C1CC[C@@H](CC[C@H]2CCC(OCc3cc(C(F)(F)F)cc(C(F)(F)F)c3)[C@H]2c2ccc(F)cc2)N1. The fourth-order valence-electron chi connectivity index (χ4n) is 5.34. The summed E-state index contributed by atoms with van der Waals surface area (Å²) < 4.78 is 98.8. The number of halogens is 7. The Labute approximate surface area is 204 Å². The molecule has 4 atom stereocenters. The molecule has 1 unspecified atom stereocenters. The van der Waals surface area contributed by atoms with E-state index in [1.807, 2.05) is 0 Å². The molecule has 4 rings (SSSR count). The standard InChI is InChI=1S/C26H26F7NO2/c27-20-5-1-16(2-6-20)24-17(3-7-21-8-10-23(35)34-21)4-9-22(24)36-14-15-11-18(25(28,29)30)13-19(12-15)26(31,32)33/h1-2,5-6,11-13,17,21-22,24H,3-4,7-10,14H2,(H,34,35)/t17-,21+,22?,24-/m0/s1. The van der Waals surface area contributed by atoms with E-state index in [-0.39, 0.29) is 35.4 Å². The van der Waals surface area contributed by atoms with Crippen LogP contribution in [-0.4, -0.2) is 18.1 Å². The Morgan fingerprint density at radius 2 is 1.50 bits per heavy atom. The summed E-state index contributed by atoms with van der Waals surface area (Å²) in [6.45, 7) is -0.416. The van der Waals surface area contributed by atoms with Crippen molar-refractivity contribution >= 4 is 5.91 Å². The van der Waals surface area contributed by atoms with E-state index in [0.717, 1.165) is 31.2 Å². The number of amides is 1. The number of carbonyl (C=O) groups is 1. The van der Waals surface area contributed by atoms with E-state index in [4.69, 9.17) is 4.74 Å². The highest BCUT2D eigenvalue weighted by Gasteiger charge is 2.39. The third-order valence-corrected chi connectivity index (χ3v) is 7.07. The molecule has 1 saturated carbocycles. The van der Waals surface area contributed by atoms with Gasteiger partial charge in [0.2, 0.25) is 5.91 Å². The molecule has 2 aromatic rings. The molecule has 2 aromatic carbocycles. The zero-order chi connectivity index (χ0) is 26.1. The Balaban J connectivity index is 1.52. The summed E-state index contributed by atoms with van der Waals surface area (Å²) >= 11 is 0. The van der Waals surface area contributed by atoms with Gasteiger partial charge in [0.25, 0.3) is 0 Å². The average molecular weight is 517 g/mol. The third-order valence-electron chi connectivity index (χ3n) is 7.07. The minimum atomic E-state index is -4.93. The predicted molar refractivity (Wildman–Crippen MR) is 117 cm³/mol. The molecule has 2 fully saturated rings. The van der Waals surface area contributed by atoms with Crippen LogP contribution in [0.4, 0.5) is 30.7 Å². The maximum Gasteiger partial charge on any atom is 0.416 e. The molecule has 1 aliphatic heterocycles. The highest BCUT2D eigenvalue weighted by Crippen LogP contribution is 2.45. The van der Waals surface area contributed by atoms with Gasteiger partial charge in [-0.2, -0.15) is 26.3 Å². The molecule has 10 heteroatoms. The Kier molecular flexibility index (Phi) is 7.64. The van der Waals surface area contributed by atoms with E-state index < -0.39 is 42.0 Å². The first-order valence-electron chi connectivity index (χ1n) is 11.8. The molecular weight excluding hydrogens is 491 g/mol. The number of carbonyl (C=O) groups excluding carboxylic acids is 1. The maximum atomic E-state index is 13.5. The molecule has 0 aromatic heterocycles. The predicted octanol–water partition coefficient (Wildman–Crippen LogP) is 7.00. The molecular formula is C26H26F7NO2. The highest BCUT2D eigenvalue weighted by molar-refractivity contribution is 5.78. The number of alkyl halides is 6. The van der Waals surface area contributed by atoms with Crippen LogP contribution in [-0.2, 0) is 28.5 Å². The summed E-state index contributed by atoms with van der Waals surface area (Å²) in [5.41, 5.74) is -2.17. The molecule has 36 heavy (non-hydrogen) atoms. The van der Waals surface area contributed by atoms with Gasteiger partial charge in [0.05, 0.1) is 23.8 Å². The second-order valence-corrected chi connectivity index (χ2v) is 9.56. The lowest BCUT2D eigenvalue weighted by Crippen LogP contribution is -2.27. The lowest BCUT2D eigenvalue weighted by Gasteiger charge is -2.27. The molecule has 3 nitrogen and oxygen atoms in total. The Bertz CT molecular complexity index is 1030. The van der Waals surface area contributed by atoms with Gasteiger partial charge in [0.1, 0.15) is 5.82 Å². The van der Waals surface area contributed by atoms with Crippen molar-refractivity contribution in [3.05, 3.63) is 70.5 Å². The number of rotatable bonds is 7. The maximum absolute atomic E-state index is 13.5. The second-order valence-electron chi connectivity index (χ2n) is 9.56. The summed E-state index contributed by atoms with van der Waals surface area (Å²) in [7, 11) is 0. The van der Waals surface area contributed by atoms with Crippen LogP contribution in [0.1, 0.15) is 66.7 Å². The van der Waals surface area contributed by atoms with Crippen LogP contribution in [0.2, 0.25) is 0 Å². The minimum Gasteiger partial charge on any atom is -0.373 e. The minimum absolute atomic E-state index is 0.0158. The smallest absolute Gasteiger partial charge is 0.373 e. The molecule has 1 N–H and O–H groups in total. The molecule has 0 bridgehead atoms. The third kappa shape index (κ3) is 6.38. The van der Waals surface area contributed by atoms with E-state index in [0.29, 0.717) is 25.0 Å². The average Bonchev–Trinajstić information content (AvgIpc) is 3.41. The van der Waals surface area contributed by atoms with E-state index in [9.17, 15) is 35.5 Å². The molecule has 1 amide bonds. The van der Waals surface area contributed by atoms with Gasteiger partial charge >= 0.3 is 12.4 Å². The van der Waals surface area contributed by atoms with Crippen LogP contribution in [0, 0.1) is 11.7 Å². The van der Waals surface area contributed by atoms with Crippen molar-refractivity contribution in [2.24, 2.45) is 5.92 Å². The molecule has 1 aliphatic carbocycles. The Morgan fingerprint density at radius 3 is 2.06 bits per heavy atom. The fraction of sp³-hybridized carbons (Fsp3) is 0.500. The lowest BCUT2D eigenvalue weighted by molar-refractivity contribution is -0.143. The van der Waals surface area contributed by atoms with E-state index in [2.05, 4.69) is 5.32 Å². The first kappa shape index (κ1) is 26.4. The van der Waals surface area contributed by atoms with Crippen LogP contribution in [0.3, 0.4) is 0 Å². The van der Waals surface area contributed by atoms with Crippen molar-refractivity contribution < 1.29 is 40.3 Å². The van der Waals surface area contributed by atoms with Crippen LogP contribution in [0.25, 0.3) is 0 Å². The van der Waals surface area contributed by atoms with E-state index >= 15 is 0 Å². The quantitative estimate of drug-likeness (QED) is 0.402. The Hall–Kier alpha value is -2.62. The number of hydrogen-bond acceptors (Lipinski definition) is 2. The van der Waals surface area contributed by atoms with E-state index in [1.54, 1.807) is 12.1 Å². The molecule has 1 heterocycles. The molecule has 1 saturated heterocycles. The van der Waals surface area contributed by atoms with Crippen molar-refractivity contribution in [3.63, 3.8) is 0 Å². The molecule has 196 valence electrons. The first-order chi connectivity index (χ1) is 16.9. The number of benzene rings is 2.